The zero-order valence-corrected chi connectivity index (χ0v) is 12.8. The average molecular weight is 258 g/mol. The molecule has 0 aliphatic heterocycles. The molecule has 0 heterocycles. The van der Waals surface area contributed by atoms with Crippen LogP contribution < -0.4 is 5.32 Å². The van der Waals surface area contributed by atoms with Crippen molar-refractivity contribution in [3.63, 3.8) is 0 Å². The summed E-state index contributed by atoms with van der Waals surface area (Å²) in [5, 5.41) is 3.37. The van der Waals surface area contributed by atoms with Crippen LogP contribution in [0.25, 0.3) is 0 Å². The van der Waals surface area contributed by atoms with E-state index in [1.807, 2.05) is 7.05 Å². The van der Waals surface area contributed by atoms with Crippen molar-refractivity contribution in [3.05, 3.63) is 47.2 Å². The van der Waals surface area contributed by atoms with Crippen LogP contribution in [0.15, 0.2) is 41.0 Å². The van der Waals surface area contributed by atoms with Crippen molar-refractivity contribution in [3.8, 4) is 0 Å². The maximum absolute atomic E-state index is 4.71. The van der Waals surface area contributed by atoms with Crippen LogP contribution in [-0.2, 0) is 6.42 Å². The first-order valence-electron chi connectivity index (χ1n) is 7.03. The number of allylic oxidation sites excluding steroid dienone is 1. The number of hydrogen-bond acceptors (Lipinski definition) is 2. The number of aliphatic imine (C=N–C) groups is 1. The van der Waals surface area contributed by atoms with Gasteiger partial charge in [0.1, 0.15) is 0 Å². The number of aryl methyl sites for hydroxylation is 1. The lowest BCUT2D eigenvalue weighted by molar-refractivity contribution is 0.625. The summed E-state index contributed by atoms with van der Waals surface area (Å²) in [6.45, 7) is 8.40. The molecule has 0 saturated heterocycles. The fourth-order valence-corrected chi connectivity index (χ4v) is 1.96. The fourth-order valence-electron chi connectivity index (χ4n) is 1.96. The van der Waals surface area contributed by atoms with Gasteiger partial charge in [-0.3, -0.25) is 4.99 Å². The molecule has 1 N–H and O–H groups in total. The number of rotatable bonds is 6. The fraction of sp³-hybridized carbons (Fsp3) is 0.471. The first-order chi connectivity index (χ1) is 9.10. The van der Waals surface area contributed by atoms with Gasteiger partial charge >= 0.3 is 0 Å². The number of benzene rings is 1. The van der Waals surface area contributed by atoms with Gasteiger partial charge in [-0.05, 0) is 46.2 Å². The normalized spacial score (nSPS) is 14.6. The summed E-state index contributed by atoms with van der Waals surface area (Å²) in [6.07, 6.45) is 4.07. The molecule has 1 rings (SSSR count). The van der Waals surface area contributed by atoms with Crippen LogP contribution in [0.3, 0.4) is 0 Å². The van der Waals surface area contributed by atoms with Crippen molar-refractivity contribution in [1.29, 1.82) is 0 Å². The Hall–Kier alpha value is -1.41. The van der Waals surface area contributed by atoms with E-state index in [4.69, 9.17) is 4.99 Å². The molecule has 0 aliphatic carbocycles. The van der Waals surface area contributed by atoms with E-state index in [0.717, 1.165) is 18.5 Å². The smallest absolute Gasteiger partial charge is 0.0533 e. The standard InChI is InChI=1S/C17H26N2/c1-6-14(4)19-16(7-2)17(18-5)12-15-10-8-13(3)9-11-15/h7-11,17-18H,6,12H2,1-5H3/b16-7-,19-14+. The second-order valence-corrected chi connectivity index (χ2v) is 4.95. The molecule has 0 spiro atoms. The molecule has 2 heteroatoms. The molecule has 0 radical (unpaired) electrons. The third kappa shape index (κ3) is 4.99. The summed E-state index contributed by atoms with van der Waals surface area (Å²) < 4.78 is 0. The third-order valence-corrected chi connectivity index (χ3v) is 3.39. The SMILES string of the molecule is C/C=C(\N=C(/C)CC)C(Cc1ccc(C)cc1)NC. The van der Waals surface area contributed by atoms with Gasteiger partial charge in [-0.25, -0.2) is 0 Å². The van der Waals surface area contributed by atoms with Gasteiger partial charge in [0.25, 0.3) is 0 Å². The summed E-state index contributed by atoms with van der Waals surface area (Å²) in [5.74, 6) is 0. The molecule has 1 aromatic rings. The van der Waals surface area contributed by atoms with Gasteiger partial charge in [0.05, 0.1) is 11.7 Å². The number of likely N-dealkylation sites (N-methyl/N-ethyl adjacent to an activating group) is 1. The molecule has 0 aromatic heterocycles. The number of nitrogens with one attached hydrogen (secondary N) is 1. The largest absolute Gasteiger partial charge is 0.311 e. The second-order valence-electron chi connectivity index (χ2n) is 4.95. The number of nitrogens with zero attached hydrogens (tertiary/aromatic N) is 1. The Kier molecular flexibility index (Phi) is 6.51. The van der Waals surface area contributed by atoms with Gasteiger partial charge in [-0.15, -0.1) is 0 Å². The highest BCUT2D eigenvalue weighted by atomic mass is 14.9. The summed E-state index contributed by atoms with van der Waals surface area (Å²) in [6, 6.07) is 9.00. The van der Waals surface area contributed by atoms with Crippen molar-refractivity contribution >= 4 is 5.71 Å². The Labute approximate surface area is 117 Å². The minimum Gasteiger partial charge on any atom is -0.311 e. The lowest BCUT2D eigenvalue weighted by Gasteiger charge is -2.17. The minimum atomic E-state index is 0.272. The molecule has 0 fully saturated rings. The molecule has 0 saturated carbocycles. The van der Waals surface area contributed by atoms with Crippen molar-refractivity contribution in [2.75, 3.05) is 7.05 Å². The van der Waals surface area contributed by atoms with E-state index in [2.05, 4.69) is 63.4 Å². The van der Waals surface area contributed by atoms with Crippen LogP contribution in [0.4, 0.5) is 0 Å². The van der Waals surface area contributed by atoms with Crippen molar-refractivity contribution in [2.24, 2.45) is 4.99 Å². The Morgan fingerprint density at radius 1 is 1.32 bits per heavy atom. The lowest BCUT2D eigenvalue weighted by atomic mass is 10.0. The first kappa shape index (κ1) is 15.6. The molecule has 104 valence electrons. The van der Waals surface area contributed by atoms with Gasteiger partial charge in [-0.1, -0.05) is 42.8 Å². The molecular weight excluding hydrogens is 232 g/mol. The lowest BCUT2D eigenvalue weighted by Crippen LogP contribution is -2.29. The van der Waals surface area contributed by atoms with Gasteiger partial charge < -0.3 is 5.32 Å². The van der Waals surface area contributed by atoms with E-state index in [9.17, 15) is 0 Å². The van der Waals surface area contributed by atoms with Crippen molar-refractivity contribution in [2.45, 2.75) is 46.6 Å². The monoisotopic (exact) mass is 258 g/mol. The highest BCUT2D eigenvalue weighted by Gasteiger charge is 2.12. The molecule has 1 atom stereocenters. The van der Waals surface area contributed by atoms with Gasteiger partial charge in [0.2, 0.25) is 0 Å². The molecule has 2 nitrogen and oxygen atoms in total. The van der Waals surface area contributed by atoms with E-state index in [1.165, 1.54) is 16.8 Å². The zero-order valence-electron chi connectivity index (χ0n) is 12.8. The average Bonchev–Trinajstić information content (AvgIpc) is 2.44. The van der Waals surface area contributed by atoms with E-state index in [-0.39, 0.29) is 6.04 Å². The summed E-state index contributed by atoms with van der Waals surface area (Å²) in [7, 11) is 2.00. The molecule has 0 amide bonds. The maximum atomic E-state index is 4.71. The van der Waals surface area contributed by atoms with E-state index < -0.39 is 0 Å². The predicted molar refractivity (Wildman–Crippen MR) is 84.9 cm³/mol. The summed E-state index contributed by atoms with van der Waals surface area (Å²) >= 11 is 0. The Morgan fingerprint density at radius 3 is 2.42 bits per heavy atom. The summed E-state index contributed by atoms with van der Waals surface area (Å²) in [5.41, 5.74) is 4.95. The van der Waals surface area contributed by atoms with Crippen molar-refractivity contribution < 1.29 is 0 Å². The van der Waals surface area contributed by atoms with Crippen LogP contribution in [0.2, 0.25) is 0 Å². The molecule has 19 heavy (non-hydrogen) atoms. The topological polar surface area (TPSA) is 24.4 Å². The van der Waals surface area contributed by atoms with Gasteiger partial charge in [0, 0.05) is 5.71 Å². The van der Waals surface area contributed by atoms with E-state index in [1.54, 1.807) is 0 Å². The molecule has 0 bridgehead atoms. The van der Waals surface area contributed by atoms with E-state index in [0.29, 0.717) is 0 Å². The molecular formula is C17H26N2. The second kappa shape index (κ2) is 7.90. The van der Waals surface area contributed by atoms with Crippen molar-refractivity contribution in [1.82, 2.24) is 5.32 Å². The highest BCUT2D eigenvalue weighted by molar-refractivity contribution is 5.82. The van der Waals surface area contributed by atoms with Crippen LogP contribution in [0, 0.1) is 6.92 Å². The Morgan fingerprint density at radius 2 is 1.95 bits per heavy atom. The van der Waals surface area contributed by atoms with E-state index >= 15 is 0 Å². The van der Waals surface area contributed by atoms with Crippen LogP contribution >= 0.6 is 0 Å². The van der Waals surface area contributed by atoms with Crippen LogP contribution in [-0.4, -0.2) is 18.8 Å². The minimum absolute atomic E-state index is 0.272. The quantitative estimate of drug-likeness (QED) is 0.769. The maximum Gasteiger partial charge on any atom is 0.0533 e. The predicted octanol–water partition coefficient (Wildman–Crippen LogP) is 3.90. The van der Waals surface area contributed by atoms with Gasteiger partial charge in [0.15, 0.2) is 0 Å². The molecule has 1 unspecified atom stereocenters. The highest BCUT2D eigenvalue weighted by Crippen LogP contribution is 2.13. The summed E-state index contributed by atoms with van der Waals surface area (Å²) in [4.78, 5) is 4.71. The Bertz CT molecular complexity index is 441. The van der Waals surface area contributed by atoms with Crippen LogP contribution in [0.5, 0.6) is 0 Å². The zero-order chi connectivity index (χ0) is 14.3. The third-order valence-electron chi connectivity index (χ3n) is 3.39. The molecule has 1 aromatic carbocycles. The Balaban J connectivity index is 2.85. The molecule has 0 aliphatic rings. The van der Waals surface area contributed by atoms with Crippen LogP contribution in [0.1, 0.15) is 38.3 Å². The number of hydrogen-bond donors (Lipinski definition) is 1. The first-order valence-corrected chi connectivity index (χ1v) is 7.03. The van der Waals surface area contributed by atoms with Gasteiger partial charge in [-0.2, -0.15) is 0 Å².